The molecule has 18 heavy (non-hydrogen) atoms. The molecule has 92 valence electrons. The number of rotatable bonds is 2. The second-order valence-corrected chi connectivity index (χ2v) is 4.12. The summed E-state index contributed by atoms with van der Waals surface area (Å²) in [4.78, 5) is 25.6. The second-order valence-electron chi connectivity index (χ2n) is 3.23. The number of hydrogen-bond donors (Lipinski definition) is 0. The van der Waals surface area contributed by atoms with Crippen molar-refractivity contribution in [2.24, 2.45) is 0 Å². The van der Waals surface area contributed by atoms with Crippen molar-refractivity contribution in [1.29, 1.82) is 0 Å². The van der Waals surface area contributed by atoms with E-state index in [1.807, 2.05) is 60.7 Å². The summed E-state index contributed by atoms with van der Waals surface area (Å²) in [6.45, 7) is 0. The topological polar surface area (TPSA) is 100 Å². The van der Waals surface area contributed by atoms with Crippen LogP contribution < -0.4 is 20.0 Å². The zero-order valence-electron chi connectivity index (χ0n) is 9.30. The van der Waals surface area contributed by atoms with Gasteiger partial charge in [-0.15, -0.1) is 0 Å². The zero-order valence-corrected chi connectivity index (χ0v) is 10.2. The molecular weight excluding hydrogens is 253 g/mol. The van der Waals surface area contributed by atoms with Crippen LogP contribution in [0.3, 0.4) is 0 Å². The van der Waals surface area contributed by atoms with E-state index in [0.717, 1.165) is 11.4 Å². The molecule has 0 atom stereocenters. The number of para-hydroxylation sites is 2. The Labute approximate surface area is 105 Å². The molecule has 0 amide bonds. The van der Waals surface area contributed by atoms with Crippen LogP contribution in [0.5, 0.6) is 0 Å². The van der Waals surface area contributed by atoms with Crippen LogP contribution in [0.15, 0.2) is 60.7 Å². The number of nitrogens with zero attached hydrogens (tertiary/aromatic N) is 1. The normalized spacial score (nSPS) is 9.94. The third-order valence-corrected chi connectivity index (χ3v) is 1.77. The highest BCUT2D eigenvalue weighted by Crippen LogP contribution is 2.14. The Kier molecular flexibility index (Phi) is 5.46. The van der Waals surface area contributed by atoms with Gasteiger partial charge in [0.05, 0.1) is 0 Å². The van der Waals surface area contributed by atoms with Crippen LogP contribution in [0.2, 0.25) is 0 Å². The Morgan fingerprint density at radius 1 is 0.722 bits per heavy atom. The minimum absolute atomic E-state index is 0.994. The van der Waals surface area contributed by atoms with E-state index in [2.05, 4.69) is 5.32 Å². The van der Waals surface area contributed by atoms with Crippen molar-refractivity contribution in [1.82, 2.24) is 5.32 Å². The number of phosphoric acid groups is 1. The first-order valence-electron chi connectivity index (χ1n) is 5.00. The van der Waals surface area contributed by atoms with E-state index in [-0.39, 0.29) is 0 Å². The minimum atomic E-state index is -5.39. The lowest BCUT2D eigenvalue weighted by Crippen LogP contribution is -2.24. The Balaban J connectivity index is 0.000000280. The van der Waals surface area contributed by atoms with Gasteiger partial charge < -0.3 is 19.2 Å². The molecule has 0 saturated carbocycles. The lowest BCUT2D eigenvalue weighted by molar-refractivity contribution is -0.432. The monoisotopic (exact) mass is 263 g/mol. The molecule has 6 heteroatoms. The van der Waals surface area contributed by atoms with E-state index < -0.39 is 7.82 Å². The lowest BCUT2D eigenvalue weighted by atomic mass is 10.3. The van der Waals surface area contributed by atoms with Crippen LogP contribution in [0, 0.1) is 0 Å². The van der Waals surface area contributed by atoms with Gasteiger partial charge in [0, 0.05) is 0 Å². The van der Waals surface area contributed by atoms with Gasteiger partial charge in [-0.3, -0.25) is 0 Å². The van der Waals surface area contributed by atoms with Crippen LogP contribution in [-0.4, -0.2) is 0 Å². The summed E-state index contributed by atoms with van der Waals surface area (Å²) in [6.07, 6.45) is 0. The average molecular weight is 263 g/mol. The summed E-state index contributed by atoms with van der Waals surface area (Å²) in [5.74, 6) is 0. The standard InChI is InChI=1S/C12H10N.H3O4P/c1-3-7-11(8-4-1)13-12-9-5-2-6-10-12;1-5(2,3)4/h1-10H;(H3,1,2,3,4)/q+3;/p-3. The predicted molar refractivity (Wildman–Crippen MR) is 61.9 cm³/mol. The SMILES string of the molecule is O=P([O-])([O-])[O-].c1ccc([N+3]c2ccccc2)cc1. The van der Waals surface area contributed by atoms with Gasteiger partial charge in [-0.1, -0.05) is 12.1 Å². The Hall–Kier alpha value is -1.74. The van der Waals surface area contributed by atoms with Crippen molar-refractivity contribution in [3.05, 3.63) is 60.7 Å². The van der Waals surface area contributed by atoms with Crippen molar-refractivity contribution >= 4 is 19.2 Å². The van der Waals surface area contributed by atoms with Gasteiger partial charge in [-0.25, -0.2) is 0 Å². The van der Waals surface area contributed by atoms with E-state index in [0.29, 0.717) is 0 Å². The molecule has 2 rings (SSSR count). The second kappa shape index (κ2) is 6.87. The van der Waals surface area contributed by atoms with E-state index in [1.165, 1.54) is 0 Å². The maximum atomic E-state index is 8.55. The molecule has 0 aliphatic heterocycles. The third kappa shape index (κ3) is 7.52. The van der Waals surface area contributed by atoms with E-state index in [4.69, 9.17) is 19.2 Å². The molecule has 0 aliphatic rings. The number of benzene rings is 2. The molecule has 0 radical (unpaired) electrons. The first-order valence-corrected chi connectivity index (χ1v) is 6.46. The summed E-state index contributed by atoms with van der Waals surface area (Å²) in [7, 11) is -5.39. The molecule has 0 spiro atoms. The van der Waals surface area contributed by atoms with Crippen molar-refractivity contribution in [3.8, 4) is 0 Å². The highest BCUT2D eigenvalue weighted by molar-refractivity contribution is 7.40. The minimum Gasteiger partial charge on any atom is -0.822 e. The Morgan fingerprint density at radius 2 is 1.00 bits per heavy atom. The van der Waals surface area contributed by atoms with Crippen molar-refractivity contribution in [2.75, 3.05) is 0 Å². The van der Waals surface area contributed by atoms with Gasteiger partial charge in [0.1, 0.15) is 24.3 Å². The summed E-state index contributed by atoms with van der Waals surface area (Å²) >= 11 is 0. The maximum Gasteiger partial charge on any atom is 0.721 e. The van der Waals surface area contributed by atoms with Crippen LogP contribution in [-0.2, 0) is 4.57 Å². The van der Waals surface area contributed by atoms with Gasteiger partial charge in [0.25, 0.3) is 0 Å². The van der Waals surface area contributed by atoms with Crippen molar-refractivity contribution in [2.45, 2.75) is 0 Å². The summed E-state index contributed by atoms with van der Waals surface area (Å²) in [5.41, 5.74) is 1.99. The fourth-order valence-electron chi connectivity index (χ4n) is 1.15. The first-order chi connectivity index (χ1) is 8.45. The molecule has 0 aromatic heterocycles. The third-order valence-electron chi connectivity index (χ3n) is 1.77. The van der Waals surface area contributed by atoms with Crippen LogP contribution >= 0.6 is 7.82 Å². The van der Waals surface area contributed by atoms with Crippen molar-refractivity contribution < 1.29 is 19.2 Å². The summed E-state index contributed by atoms with van der Waals surface area (Å²) < 4.78 is 8.55. The first kappa shape index (κ1) is 14.3. The molecule has 2 aromatic carbocycles. The molecule has 2 aromatic rings. The van der Waals surface area contributed by atoms with Gasteiger partial charge in [-0.2, -0.15) is 7.82 Å². The van der Waals surface area contributed by atoms with Gasteiger partial charge in [0.15, 0.2) is 0 Å². The fraction of sp³-hybridized carbons (Fsp3) is 0. The predicted octanol–water partition coefficient (Wildman–Crippen LogP) is 0.430. The molecular formula is C12H10NO4P. The molecule has 5 nitrogen and oxygen atoms in total. The molecule has 0 bridgehead atoms. The number of hydrogen-bond acceptors (Lipinski definition) is 4. The van der Waals surface area contributed by atoms with Crippen LogP contribution in [0.4, 0.5) is 11.4 Å². The van der Waals surface area contributed by atoms with Crippen LogP contribution in [0.1, 0.15) is 0 Å². The molecule has 0 N–H and O–H groups in total. The van der Waals surface area contributed by atoms with Gasteiger partial charge >= 0.3 is 16.7 Å². The maximum absolute atomic E-state index is 8.55. The fourth-order valence-corrected chi connectivity index (χ4v) is 1.15. The smallest absolute Gasteiger partial charge is 0.721 e. The molecule has 0 saturated heterocycles. The summed E-state index contributed by atoms with van der Waals surface area (Å²) in [6, 6.07) is 19.9. The van der Waals surface area contributed by atoms with Gasteiger partial charge in [-0.05, 0) is 24.3 Å². The Bertz CT molecular complexity index is 452. The quantitative estimate of drug-likeness (QED) is 0.733. The largest absolute Gasteiger partial charge is 0.822 e. The van der Waals surface area contributed by atoms with Crippen LogP contribution in [0.25, 0.3) is 0 Å². The molecule has 0 heterocycles. The lowest BCUT2D eigenvalue weighted by Gasteiger charge is -2.36. The van der Waals surface area contributed by atoms with E-state index in [1.54, 1.807) is 0 Å². The van der Waals surface area contributed by atoms with E-state index >= 15 is 0 Å². The molecule has 0 aliphatic carbocycles. The highest BCUT2D eigenvalue weighted by atomic mass is 31.2. The Morgan fingerprint density at radius 3 is 1.28 bits per heavy atom. The van der Waals surface area contributed by atoms with Crippen molar-refractivity contribution in [3.63, 3.8) is 0 Å². The zero-order chi connectivity index (χ0) is 13.4. The van der Waals surface area contributed by atoms with Gasteiger partial charge in [0.2, 0.25) is 0 Å². The summed E-state index contributed by atoms with van der Waals surface area (Å²) in [5, 5.41) is 4.44. The molecule has 0 fully saturated rings. The van der Waals surface area contributed by atoms with E-state index in [9.17, 15) is 0 Å². The molecule has 0 unspecified atom stereocenters. The highest BCUT2D eigenvalue weighted by Gasteiger charge is 2.47. The average Bonchev–Trinajstić information content (AvgIpc) is 2.29.